The van der Waals surface area contributed by atoms with E-state index in [0.717, 1.165) is 18.6 Å². The second kappa shape index (κ2) is 5.50. The number of ether oxygens (including phenoxy) is 1. The van der Waals surface area contributed by atoms with Gasteiger partial charge in [-0.25, -0.2) is 0 Å². The highest BCUT2D eigenvalue weighted by Gasteiger charge is 2.28. The summed E-state index contributed by atoms with van der Waals surface area (Å²) in [4.78, 5) is 0. The van der Waals surface area contributed by atoms with E-state index in [1.54, 1.807) is 0 Å². The Morgan fingerprint density at radius 3 is 2.56 bits per heavy atom. The van der Waals surface area contributed by atoms with Gasteiger partial charge in [0, 0.05) is 12.6 Å². The molecular formula is C14H27NO. The van der Waals surface area contributed by atoms with Gasteiger partial charge in [0.15, 0.2) is 0 Å². The third-order valence-corrected chi connectivity index (χ3v) is 4.10. The lowest BCUT2D eigenvalue weighted by Crippen LogP contribution is -2.41. The maximum absolute atomic E-state index is 5.76. The van der Waals surface area contributed by atoms with Crippen molar-refractivity contribution in [3.63, 3.8) is 0 Å². The molecule has 1 saturated heterocycles. The van der Waals surface area contributed by atoms with Crippen molar-refractivity contribution in [1.29, 1.82) is 0 Å². The minimum Gasteiger partial charge on any atom is -0.376 e. The maximum atomic E-state index is 5.76. The fourth-order valence-electron chi connectivity index (χ4n) is 3.17. The molecule has 0 radical (unpaired) electrons. The SMILES string of the molecule is CC1(C)CC(CNC2CCCCC2)CCO1. The summed E-state index contributed by atoms with van der Waals surface area (Å²) in [6.45, 7) is 6.60. The van der Waals surface area contributed by atoms with Crippen molar-refractivity contribution in [2.24, 2.45) is 5.92 Å². The van der Waals surface area contributed by atoms with Crippen LogP contribution < -0.4 is 5.32 Å². The van der Waals surface area contributed by atoms with Crippen LogP contribution in [0.25, 0.3) is 0 Å². The summed E-state index contributed by atoms with van der Waals surface area (Å²) < 4.78 is 5.76. The van der Waals surface area contributed by atoms with E-state index in [1.807, 2.05) is 0 Å². The molecule has 1 saturated carbocycles. The van der Waals surface area contributed by atoms with Gasteiger partial charge in [-0.2, -0.15) is 0 Å². The molecule has 2 aliphatic rings. The van der Waals surface area contributed by atoms with Crippen LogP contribution in [-0.2, 0) is 4.74 Å². The highest BCUT2D eigenvalue weighted by molar-refractivity contribution is 4.81. The largest absolute Gasteiger partial charge is 0.376 e. The molecule has 0 aromatic carbocycles. The van der Waals surface area contributed by atoms with E-state index in [0.29, 0.717) is 0 Å². The van der Waals surface area contributed by atoms with Gasteiger partial charge >= 0.3 is 0 Å². The molecule has 2 heteroatoms. The first kappa shape index (κ1) is 12.4. The number of nitrogens with one attached hydrogen (secondary N) is 1. The van der Waals surface area contributed by atoms with Crippen LogP contribution in [-0.4, -0.2) is 24.8 Å². The van der Waals surface area contributed by atoms with Gasteiger partial charge in [-0.1, -0.05) is 19.3 Å². The lowest BCUT2D eigenvalue weighted by Gasteiger charge is -2.36. The predicted octanol–water partition coefficient (Wildman–Crippen LogP) is 3.11. The van der Waals surface area contributed by atoms with Gasteiger partial charge in [0.2, 0.25) is 0 Å². The average Bonchev–Trinajstić information content (AvgIpc) is 2.27. The molecule has 0 amide bonds. The van der Waals surface area contributed by atoms with Crippen molar-refractivity contribution in [2.75, 3.05) is 13.2 Å². The second-order valence-corrected chi connectivity index (χ2v) is 6.21. The number of rotatable bonds is 3. The lowest BCUT2D eigenvalue weighted by atomic mass is 9.87. The molecule has 0 spiro atoms. The molecule has 2 rings (SSSR count). The van der Waals surface area contributed by atoms with Crippen LogP contribution in [0.2, 0.25) is 0 Å². The summed E-state index contributed by atoms with van der Waals surface area (Å²) in [5.41, 5.74) is 0.108. The van der Waals surface area contributed by atoms with E-state index in [1.165, 1.54) is 51.5 Å². The van der Waals surface area contributed by atoms with E-state index in [-0.39, 0.29) is 5.60 Å². The molecule has 1 N–H and O–H groups in total. The minimum absolute atomic E-state index is 0.108. The number of hydrogen-bond acceptors (Lipinski definition) is 2. The highest BCUT2D eigenvalue weighted by atomic mass is 16.5. The van der Waals surface area contributed by atoms with Gasteiger partial charge < -0.3 is 10.1 Å². The van der Waals surface area contributed by atoms with E-state index in [4.69, 9.17) is 4.74 Å². The Morgan fingerprint density at radius 1 is 1.12 bits per heavy atom. The van der Waals surface area contributed by atoms with Crippen LogP contribution in [0, 0.1) is 5.92 Å². The van der Waals surface area contributed by atoms with E-state index in [9.17, 15) is 0 Å². The summed E-state index contributed by atoms with van der Waals surface area (Å²) >= 11 is 0. The van der Waals surface area contributed by atoms with Crippen LogP contribution in [0.1, 0.15) is 58.8 Å². The van der Waals surface area contributed by atoms with Crippen molar-refractivity contribution in [1.82, 2.24) is 5.32 Å². The molecule has 1 aliphatic carbocycles. The third-order valence-electron chi connectivity index (χ3n) is 4.10. The summed E-state index contributed by atoms with van der Waals surface area (Å²) in [5, 5.41) is 3.77. The Labute approximate surface area is 100 Å². The Balaban J connectivity index is 1.68. The van der Waals surface area contributed by atoms with Gasteiger partial charge in [0.1, 0.15) is 0 Å². The first-order valence-corrected chi connectivity index (χ1v) is 7.03. The van der Waals surface area contributed by atoms with Gasteiger partial charge in [-0.3, -0.25) is 0 Å². The summed E-state index contributed by atoms with van der Waals surface area (Å²) in [6.07, 6.45) is 9.55. The van der Waals surface area contributed by atoms with Crippen LogP contribution in [0.3, 0.4) is 0 Å². The molecule has 16 heavy (non-hydrogen) atoms. The molecule has 1 aliphatic heterocycles. The van der Waals surface area contributed by atoms with Crippen molar-refractivity contribution >= 4 is 0 Å². The summed E-state index contributed by atoms with van der Waals surface area (Å²) in [5.74, 6) is 0.825. The van der Waals surface area contributed by atoms with Crippen molar-refractivity contribution in [2.45, 2.75) is 70.4 Å². The van der Waals surface area contributed by atoms with Gasteiger partial charge in [-0.05, 0) is 52.0 Å². The predicted molar refractivity (Wildman–Crippen MR) is 67.6 cm³/mol. The molecule has 0 bridgehead atoms. The molecule has 2 fully saturated rings. The van der Waals surface area contributed by atoms with Crippen LogP contribution in [0.5, 0.6) is 0 Å². The standard InChI is InChI=1S/C14H27NO/c1-14(2)10-12(8-9-16-14)11-15-13-6-4-3-5-7-13/h12-13,15H,3-11H2,1-2H3. The Morgan fingerprint density at radius 2 is 1.88 bits per heavy atom. The van der Waals surface area contributed by atoms with Crippen molar-refractivity contribution < 1.29 is 4.74 Å². The minimum atomic E-state index is 0.108. The Kier molecular flexibility index (Phi) is 4.26. The second-order valence-electron chi connectivity index (χ2n) is 6.21. The number of hydrogen-bond donors (Lipinski definition) is 1. The Hall–Kier alpha value is -0.0800. The quantitative estimate of drug-likeness (QED) is 0.797. The molecular weight excluding hydrogens is 198 g/mol. The zero-order valence-electron chi connectivity index (χ0n) is 10.9. The molecule has 0 aromatic rings. The molecule has 1 atom stereocenters. The van der Waals surface area contributed by atoms with Gasteiger partial charge in [0.25, 0.3) is 0 Å². The summed E-state index contributed by atoms with van der Waals surface area (Å²) in [7, 11) is 0. The topological polar surface area (TPSA) is 21.3 Å². The van der Waals surface area contributed by atoms with Crippen LogP contribution in [0.15, 0.2) is 0 Å². The first-order chi connectivity index (χ1) is 7.66. The highest BCUT2D eigenvalue weighted by Crippen LogP contribution is 2.28. The molecule has 2 nitrogen and oxygen atoms in total. The Bertz CT molecular complexity index is 209. The van der Waals surface area contributed by atoms with Crippen molar-refractivity contribution in [3.8, 4) is 0 Å². The fourth-order valence-corrected chi connectivity index (χ4v) is 3.17. The smallest absolute Gasteiger partial charge is 0.0629 e. The molecule has 1 heterocycles. The molecule has 0 aromatic heterocycles. The van der Waals surface area contributed by atoms with Crippen molar-refractivity contribution in [3.05, 3.63) is 0 Å². The average molecular weight is 225 g/mol. The summed E-state index contributed by atoms with van der Waals surface area (Å²) in [6, 6.07) is 0.805. The monoisotopic (exact) mass is 225 g/mol. The van der Waals surface area contributed by atoms with Crippen LogP contribution >= 0.6 is 0 Å². The van der Waals surface area contributed by atoms with E-state index >= 15 is 0 Å². The fraction of sp³-hybridized carbons (Fsp3) is 1.00. The lowest BCUT2D eigenvalue weighted by molar-refractivity contribution is -0.0722. The van der Waals surface area contributed by atoms with Gasteiger partial charge in [-0.15, -0.1) is 0 Å². The molecule has 94 valence electrons. The zero-order chi connectivity index (χ0) is 11.4. The maximum Gasteiger partial charge on any atom is 0.0629 e. The van der Waals surface area contributed by atoms with E-state index < -0.39 is 0 Å². The van der Waals surface area contributed by atoms with Gasteiger partial charge in [0.05, 0.1) is 5.60 Å². The third kappa shape index (κ3) is 3.74. The normalized spacial score (nSPS) is 31.5. The van der Waals surface area contributed by atoms with Crippen LogP contribution in [0.4, 0.5) is 0 Å². The molecule has 1 unspecified atom stereocenters. The zero-order valence-corrected chi connectivity index (χ0v) is 10.9. The van der Waals surface area contributed by atoms with E-state index in [2.05, 4.69) is 19.2 Å². The first-order valence-electron chi connectivity index (χ1n) is 7.03.